The molecule has 2 aromatic rings. The minimum atomic E-state index is -0.267. The number of hydrogen-bond donors (Lipinski definition) is 2. The standard InChI is InChI=1S/C15H16N4O/c16-14-13(17-8-9-18-14)15(20)19-12(11-6-7-11)10-4-2-1-3-5-10/h1-5,8-9,11-12H,6-7H2,(H2,16,18)(H,19,20). The van der Waals surface area contributed by atoms with E-state index in [1.165, 1.54) is 12.4 Å². The maximum Gasteiger partial charge on any atom is 0.274 e. The number of nitrogens with one attached hydrogen (secondary N) is 1. The van der Waals surface area contributed by atoms with Gasteiger partial charge in [0.2, 0.25) is 0 Å². The number of nitrogens with two attached hydrogens (primary N) is 1. The van der Waals surface area contributed by atoms with Crippen LogP contribution < -0.4 is 11.1 Å². The lowest BCUT2D eigenvalue weighted by Gasteiger charge is -2.18. The molecule has 1 aliphatic carbocycles. The zero-order valence-electron chi connectivity index (χ0n) is 11.0. The molecule has 1 heterocycles. The van der Waals surface area contributed by atoms with Gasteiger partial charge in [0.1, 0.15) is 0 Å². The van der Waals surface area contributed by atoms with Crippen LogP contribution in [0.5, 0.6) is 0 Å². The first-order valence-electron chi connectivity index (χ1n) is 6.68. The van der Waals surface area contributed by atoms with Crippen molar-refractivity contribution in [1.29, 1.82) is 0 Å². The summed E-state index contributed by atoms with van der Waals surface area (Å²) in [7, 11) is 0. The minimum Gasteiger partial charge on any atom is -0.382 e. The average Bonchev–Trinajstić information content (AvgIpc) is 3.30. The summed E-state index contributed by atoms with van der Waals surface area (Å²) in [5.74, 6) is 0.392. The van der Waals surface area contributed by atoms with Gasteiger partial charge in [-0.15, -0.1) is 0 Å². The van der Waals surface area contributed by atoms with Crippen LogP contribution in [0.1, 0.15) is 34.9 Å². The van der Waals surface area contributed by atoms with E-state index in [-0.39, 0.29) is 23.5 Å². The summed E-state index contributed by atoms with van der Waals surface area (Å²) in [5.41, 5.74) is 7.00. The molecule has 1 amide bonds. The van der Waals surface area contributed by atoms with Gasteiger partial charge in [-0.05, 0) is 24.3 Å². The Kier molecular flexibility index (Phi) is 3.33. The van der Waals surface area contributed by atoms with Gasteiger partial charge in [-0.1, -0.05) is 30.3 Å². The molecular weight excluding hydrogens is 252 g/mol. The molecule has 5 heteroatoms. The molecule has 1 aromatic heterocycles. The summed E-state index contributed by atoms with van der Waals surface area (Å²) < 4.78 is 0. The van der Waals surface area contributed by atoms with E-state index in [1.54, 1.807) is 0 Å². The van der Waals surface area contributed by atoms with Gasteiger partial charge in [-0.25, -0.2) is 9.97 Å². The molecule has 1 unspecified atom stereocenters. The van der Waals surface area contributed by atoms with Crippen LogP contribution in [0.25, 0.3) is 0 Å². The van der Waals surface area contributed by atoms with Gasteiger partial charge < -0.3 is 11.1 Å². The first kappa shape index (κ1) is 12.6. The molecule has 1 saturated carbocycles. The Labute approximate surface area is 117 Å². The number of hydrogen-bond acceptors (Lipinski definition) is 4. The van der Waals surface area contributed by atoms with Gasteiger partial charge in [0, 0.05) is 12.4 Å². The summed E-state index contributed by atoms with van der Waals surface area (Å²) in [6.07, 6.45) is 5.22. The Morgan fingerprint density at radius 2 is 1.90 bits per heavy atom. The molecule has 1 fully saturated rings. The van der Waals surface area contributed by atoms with Crippen LogP contribution in [0.3, 0.4) is 0 Å². The van der Waals surface area contributed by atoms with E-state index in [0.717, 1.165) is 18.4 Å². The van der Waals surface area contributed by atoms with Crippen molar-refractivity contribution in [3.63, 3.8) is 0 Å². The number of benzene rings is 1. The molecule has 3 rings (SSSR count). The zero-order valence-corrected chi connectivity index (χ0v) is 11.0. The van der Waals surface area contributed by atoms with Crippen molar-refractivity contribution in [2.45, 2.75) is 18.9 Å². The summed E-state index contributed by atoms with van der Waals surface area (Å²) in [6, 6.07) is 10.0. The highest BCUT2D eigenvalue weighted by Crippen LogP contribution is 2.41. The van der Waals surface area contributed by atoms with E-state index in [9.17, 15) is 4.79 Å². The predicted octanol–water partition coefficient (Wildman–Crippen LogP) is 1.94. The molecule has 0 radical (unpaired) electrons. The van der Waals surface area contributed by atoms with E-state index in [0.29, 0.717) is 5.92 Å². The molecule has 1 atom stereocenters. The fraction of sp³-hybridized carbons (Fsp3) is 0.267. The Bertz CT molecular complexity index is 610. The third kappa shape index (κ3) is 2.61. The van der Waals surface area contributed by atoms with Gasteiger partial charge in [-0.2, -0.15) is 0 Å². The lowest BCUT2D eigenvalue weighted by atomic mass is 10.0. The third-order valence-electron chi connectivity index (χ3n) is 3.48. The van der Waals surface area contributed by atoms with Gasteiger partial charge in [0.25, 0.3) is 5.91 Å². The molecule has 102 valence electrons. The molecule has 0 spiro atoms. The third-order valence-corrected chi connectivity index (χ3v) is 3.48. The first-order valence-corrected chi connectivity index (χ1v) is 6.68. The summed E-state index contributed by atoms with van der Waals surface area (Å²) >= 11 is 0. The smallest absolute Gasteiger partial charge is 0.274 e. The Hall–Kier alpha value is -2.43. The number of aromatic nitrogens is 2. The number of anilines is 1. The van der Waals surface area contributed by atoms with Crippen LogP contribution in [-0.4, -0.2) is 15.9 Å². The van der Waals surface area contributed by atoms with Crippen LogP contribution in [0, 0.1) is 5.92 Å². The SMILES string of the molecule is Nc1nccnc1C(=O)NC(c1ccccc1)C1CC1. The fourth-order valence-corrected chi connectivity index (χ4v) is 2.30. The molecule has 1 aromatic carbocycles. The van der Waals surface area contributed by atoms with Crippen molar-refractivity contribution in [1.82, 2.24) is 15.3 Å². The molecular formula is C15H16N4O. The van der Waals surface area contributed by atoms with Crippen molar-refractivity contribution >= 4 is 11.7 Å². The predicted molar refractivity (Wildman–Crippen MR) is 75.8 cm³/mol. The average molecular weight is 268 g/mol. The van der Waals surface area contributed by atoms with Crippen LogP contribution in [0.15, 0.2) is 42.7 Å². The lowest BCUT2D eigenvalue weighted by Crippen LogP contribution is -2.31. The number of nitrogen functional groups attached to an aromatic ring is 1. The van der Waals surface area contributed by atoms with E-state index in [2.05, 4.69) is 15.3 Å². The largest absolute Gasteiger partial charge is 0.382 e. The van der Waals surface area contributed by atoms with Crippen LogP contribution in [0.4, 0.5) is 5.82 Å². The van der Waals surface area contributed by atoms with Crippen LogP contribution in [-0.2, 0) is 0 Å². The molecule has 0 saturated heterocycles. The van der Waals surface area contributed by atoms with Gasteiger partial charge in [0.05, 0.1) is 6.04 Å². The Morgan fingerprint density at radius 3 is 2.55 bits per heavy atom. The maximum atomic E-state index is 12.3. The highest BCUT2D eigenvalue weighted by Gasteiger charge is 2.34. The van der Waals surface area contributed by atoms with E-state index >= 15 is 0 Å². The second kappa shape index (κ2) is 5.28. The quantitative estimate of drug-likeness (QED) is 0.888. The number of carbonyl (C=O) groups is 1. The lowest BCUT2D eigenvalue weighted by molar-refractivity contribution is 0.0927. The first-order chi connectivity index (χ1) is 9.75. The van der Waals surface area contributed by atoms with E-state index in [4.69, 9.17) is 5.73 Å². The van der Waals surface area contributed by atoms with Crippen molar-refractivity contribution in [3.05, 3.63) is 54.0 Å². The summed E-state index contributed by atoms with van der Waals surface area (Å²) in [5, 5.41) is 3.03. The normalized spacial score (nSPS) is 15.6. The number of nitrogens with zero attached hydrogens (tertiary/aromatic N) is 2. The molecule has 5 nitrogen and oxygen atoms in total. The maximum absolute atomic E-state index is 12.3. The van der Waals surface area contributed by atoms with Crippen molar-refractivity contribution in [2.75, 3.05) is 5.73 Å². The topological polar surface area (TPSA) is 80.9 Å². The Balaban J connectivity index is 1.81. The van der Waals surface area contributed by atoms with Crippen molar-refractivity contribution in [2.24, 2.45) is 5.92 Å². The second-order valence-electron chi connectivity index (χ2n) is 4.99. The Morgan fingerprint density at radius 1 is 1.20 bits per heavy atom. The van der Waals surface area contributed by atoms with Crippen molar-refractivity contribution in [3.8, 4) is 0 Å². The highest BCUT2D eigenvalue weighted by molar-refractivity contribution is 5.96. The molecule has 0 aliphatic heterocycles. The fourth-order valence-electron chi connectivity index (χ4n) is 2.30. The highest BCUT2D eigenvalue weighted by atomic mass is 16.2. The molecule has 0 bridgehead atoms. The van der Waals surface area contributed by atoms with Crippen molar-refractivity contribution < 1.29 is 4.79 Å². The van der Waals surface area contributed by atoms with Gasteiger partial charge in [-0.3, -0.25) is 4.79 Å². The van der Waals surface area contributed by atoms with E-state index < -0.39 is 0 Å². The minimum absolute atomic E-state index is 0.0186. The zero-order chi connectivity index (χ0) is 13.9. The molecule has 3 N–H and O–H groups in total. The van der Waals surface area contributed by atoms with E-state index in [1.807, 2.05) is 30.3 Å². The number of amides is 1. The number of carbonyl (C=O) groups excluding carboxylic acids is 1. The molecule has 1 aliphatic rings. The molecule has 20 heavy (non-hydrogen) atoms. The second-order valence-corrected chi connectivity index (χ2v) is 4.99. The van der Waals surface area contributed by atoms with Crippen LogP contribution >= 0.6 is 0 Å². The van der Waals surface area contributed by atoms with Gasteiger partial charge >= 0.3 is 0 Å². The summed E-state index contributed by atoms with van der Waals surface area (Å²) in [4.78, 5) is 20.2. The van der Waals surface area contributed by atoms with Gasteiger partial charge in [0.15, 0.2) is 11.5 Å². The van der Waals surface area contributed by atoms with Crippen LogP contribution in [0.2, 0.25) is 0 Å². The number of rotatable bonds is 4. The summed E-state index contributed by atoms with van der Waals surface area (Å²) in [6.45, 7) is 0. The monoisotopic (exact) mass is 268 g/mol.